The summed E-state index contributed by atoms with van der Waals surface area (Å²) in [5.74, 6) is 0.502. The molecule has 0 aromatic heterocycles. The molecule has 0 aliphatic carbocycles. The monoisotopic (exact) mass is 215 g/mol. The summed E-state index contributed by atoms with van der Waals surface area (Å²) >= 11 is 5.85. The Balaban J connectivity index is 3.08. The van der Waals surface area contributed by atoms with Crippen molar-refractivity contribution in [3.63, 3.8) is 0 Å². The van der Waals surface area contributed by atoms with Gasteiger partial charge >= 0.3 is 0 Å². The first-order valence-electron chi connectivity index (χ1n) is 4.35. The number of rotatable bonds is 3. The van der Waals surface area contributed by atoms with Crippen molar-refractivity contribution in [3.05, 3.63) is 22.7 Å². The second-order valence-electron chi connectivity index (χ2n) is 3.30. The number of phenols is 1. The van der Waals surface area contributed by atoms with Crippen molar-refractivity contribution < 1.29 is 9.84 Å². The molecule has 0 amide bonds. The molecule has 0 bridgehead atoms. The molecule has 1 unspecified atom stereocenters. The van der Waals surface area contributed by atoms with E-state index in [0.717, 1.165) is 0 Å². The van der Waals surface area contributed by atoms with Gasteiger partial charge in [-0.15, -0.1) is 0 Å². The van der Waals surface area contributed by atoms with Gasteiger partial charge in [-0.2, -0.15) is 0 Å². The van der Waals surface area contributed by atoms with Crippen molar-refractivity contribution in [1.29, 1.82) is 0 Å². The Bertz CT molecular complexity index is 326. The van der Waals surface area contributed by atoms with Gasteiger partial charge < -0.3 is 15.6 Å². The highest BCUT2D eigenvalue weighted by Crippen LogP contribution is 2.33. The lowest BCUT2D eigenvalue weighted by molar-refractivity contribution is 0.370. The third kappa shape index (κ3) is 2.53. The highest BCUT2D eigenvalue weighted by molar-refractivity contribution is 6.30. The molecule has 0 saturated carbocycles. The molecule has 1 atom stereocenters. The largest absolute Gasteiger partial charge is 0.504 e. The standard InChI is InChI=1S/C10H14ClNO2/c1-6(12)3-7-4-8(11)5-9(14-2)10(7)13/h4-6,13H,3,12H2,1-2H3. The number of hydrogen-bond acceptors (Lipinski definition) is 3. The van der Waals surface area contributed by atoms with E-state index in [1.807, 2.05) is 6.92 Å². The number of hydrogen-bond donors (Lipinski definition) is 2. The highest BCUT2D eigenvalue weighted by Gasteiger charge is 2.10. The zero-order valence-electron chi connectivity index (χ0n) is 8.25. The van der Waals surface area contributed by atoms with Gasteiger partial charge in [-0.05, 0) is 19.4 Å². The van der Waals surface area contributed by atoms with E-state index in [-0.39, 0.29) is 11.8 Å². The van der Waals surface area contributed by atoms with Gasteiger partial charge in [0.1, 0.15) is 0 Å². The topological polar surface area (TPSA) is 55.5 Å². The zero-order chi connectivity index (χ0) is 10.7. The maximum absolute atomic E-state index is 9.72. The van der Waals surface area contributed by atoms with E-state index in [1.54, 1.807) is 12.1 Å². The Morgan fingerprint density at radius 1 is 1.57 bits per heavy atom. The third-order valence-corrected chi connectivity index (χ3v) is 2.10. The third-order valence-electron chi connectivity index (χ3n) is 1.88. The van der Waals surface area contributed by atoms with Crippen LogP contribution in [0.2, 0.25) is 5.02 Å². The van der Waals surface area contributed by atoms with E-state index in [9.17, 15) is 5.11 Å². The molecule has 0 spiro atoms. The molecule has 0 aliphatic rings. The molecule has 1 aromatic carbocycles. The number of ether oxygens (including phenoxy) is 1. The van der Waals surface area contributed by atoms with Gasteiger partial charge in [0, 0.05) is 22.7 Å². The van der Waals surface area contributed by atoms with Crippen molar-refractivity contribution in [2.75, 3.05) is 7.11 Å². The van der Waals surface area contributed by atoms with Crippen molar-refractivity contribution in [3.8, 4) is 11.5 Å². The minimum atomic E-state index is -0.0240. The fourth-order valence-electron chi connectivity index (χ4n) is 1.29. The zero-order valence-corrected chi connectivity index (χ0v) is 9.01. The average molecular weight is 216 g/mol. The van der Waals surface area contributed by atoms with Gasteiger partial charge in [0.25, 0.3) is 0 Å². The first kappa shape index (κ1) is 11.1. The number of methoxy groups -OCH3 is 1. The van der Waals surface area contributed by atoms with Crippen LogP contribution in [0.4, 0.5) is 0 Å². The van der Waals surface area contributed by atoms with E-state index >= 15 is 0 Å². The molecule has 0 aliphatic heterocycles. The summed E-state index contributed by atoms with van der Waals surface area (Å²) in [5, 5.41) is 10.3. The molecule has 78 valence electrons. The van der Waals surface area contributed by atoms with Crippen LogP contribution in [0.3, 0.4) is 0 Å². The normalized spacial score (nSPS) is 12.6. The molecule has 3 N–H and O–H groups in total. The Hall–Kier alpha value is -0.930. The lowest BCUT2D eigenvalue weighted by Crippen LogP contribution is -2.17. The van der Waals surface area contributed by atoms with Crippen LogP contribution in [0.15, 0.2) is 12.1 Å². The van der Waals surface area contributed by atoms with Crippen molar-refractivity contribution in [2.45, 2.75) is 19.4 Å². The molecule has 3 nitrogen and oxygen atoms in total. The second kappa shape index (κ2) is 4.53. The Kier molecular flexibility index (Phi) is 3.61. The van der Waals surface area contributed by atoms with E-state index in [0.29, 0.717) is 22.8 Å². The minimum absolute atomic E-state index is 0.0240. The molecular formula is C10H14ClNO2. The molecule has 0 saturated heterocycles. The average Bonchev–Trinajstić information content (AvgIpc) is 2.09. The smallest absolute Gasteiger partial charge is 0.162 e. The van der Waals surface area contributed by atoms with Gasteiger partial charge in [0.2, 0.25) is 0 Å². The van der Waals surface area contributed by atoms with Gasteiger partial charge in [-0.1, -0.05) is 11.6 Å². The molecule has 1 aromatic rings. The van der Waals surface area contributed by atoms with Crippen LogP contribution in [-0.2, 0) is 6.42 Å². The maximum atomic E-state index is 9.72. The number of nitrogens with two attached hydrogens (primary N) is 1. The Morgan fingerprint density at radius 2 is 2.21 bits per heavy atom. The summed E-state index contributed by atoms with van der Waals surface area (Å²) in [5.41, 5.74) is 6.35. The molecule has 0 heterocycles. The minimum Gasteiger partial charge on any atom is -0.504 e. The van der Waals surface area contributed by atoms with Gasteiger partial charge in [0.15, 0.2) is 11.5 Å². The van der Waals surface area contributed by atoms with Gasteiger partial charge in [0.05, 0.1) is 7.11 Å². The first-order valence-corrected chi connectivity index (χ1v) is 4.73. The SMILES string of the molecule is COc1cc(Cl)cc(CC(C)N)c1O. The summed E-state index contributed by atoms with van der Waals surface area (Å²) in [7, 11) is 1.49. The van der Waals surface area contributed by atoms with Crippen LogP contribution in [-0.4, -0.2) is 18.3 Å². The highest BCUT2D eigenvalue weighted by atomic mass is 35.5. The Labute approximate surface area is 88.4 Å². The number of aromatic hydroxyl groups is 1. The van der Waals surface area contributed by atoms with Crippen LogP contribution in [0, 0.1) is 0 Å². The summed E-state index contributed by atoms with van der Waals surface area (Å²) in [6.07, 6.45) is 0.572. The molecule has 0 radical (unpaired) electrons. The van der Waals surface area contributed by atoms with Crippen LogP contribution in [0.5, 0.6) is 11.5 Å². The van der Waals surface area contributed by atoms with E-state index in [4.69, 9.17) is 22.1 Å². The fraction of sp³-hybridized carbons (Fsp3) is 0.400. The maximum Gasteiger partial charge on any atom is 0.162 e. The molecule has 4 heteroatoms. The van der Waals surface area contributed by atoms with Crippen LogP contribution >= 0.6 is 11.6 Å². The summed E-state index contributed by atoms with van der Waals surface area (Å²) in [6.45, 7) is 1.87. The van der Waals surface area contributed by atoms with E-state index in [2.05, 4.69) is 0 Å². The second-order valence-corrected chi connectivity index (χ2v) is 3.73. The summed E-state index contributed by atoms with van der Waals surface area (Å²) < 4.78 is 4.97. The number of benzene rings is 1. The lowest BCUT2D eigenvalue weighted by atomic mass is 10.1. The lowest BCUT2D eigenvalue weighted by Gasteiger charge is -2.11. The van der Waals surface area contributed by atoms with Crippen LogP contribution in [0.1, 0.15) is 12.5 Å². The van der Waals surface area contributed by atoms with E-state index in [1.165, 1.54) is 7.11 Å². The van der Waals surface area contributed by atoms with Gasteiger partial charge in [-0.3, -0.25) is 0 Å². The van der Waals surface area contributed by atoms with Crippen molar-refractivity contribution >= 4 is 11.6 Å². The predicted octanol–water partition coefficient (Wildman–Crippen LogP) is 1.94. The predicted molar refractivity (Wildman–Crippen MR) is 57.0 cm³/mol. The summed E-state index contributed by atoms with van der Waals surface area (Å²) in [4.78, 5) is 0. The first-order chi connectivity index (χ1) is 6.54. The molecule has 0 fully saturated rings. The Morgan fingerprint density at radius 3 is 2.71 bits per heavy atom. The van der Waals surface area contributed by atoms with Crippen LogP contribution < -0.4 is 10.5 Å². The quantitative estimate of drug-likeness (QED) is 0.810. The molecular weight excluding hydrogens is 202 g/mol. The van der Waals surface area contributed by atoms with Crippen LogP contribution in [0.25, 0.3) is 0 Å². The number of halogens is 1. The van der Waals surface area contributed by atoms with Crippen molar-refractivity contribution in [1.82, 2.24) is 0 Å². The number of phenolic OH excluding ortho intramolecular Hbond substituents is 1. The molecule has 1 rings (SSSR count). The molecule has 14 heavy (non-hydrogen) atoms. The summed E-state index contributed by atoms with van der Waals surface area (Å²) in [6, 6.07) is 3.24. The van der Waals surface area contributed by atoms with Gasteiger partial charge in [-0.25, -0.2) is 0 Å². The fourth-order valence-corrected chi connectivity index (χ4v) is 1.52. The van der Waals surface area contributed by atoms with E-state index < -0.39 is 0 Å². The van der Waals surface area contributed by atoms with Crippen molar-refractivity contribution in [2.24, 2.45) is 5.73 Å².